The zero-order chi connectivity index (χ0) is 31.0. The Balaban J connectivity index is 1.36. The molecule has 4 rings (SSSR count). The van der Waals surface area contributed by atoms with Gasteiger partial charge in [-0.15, -0.1) is 6.42 Å². The number of nitrogens with zero attached hydrogens (tertiary/aromatic N) is 1. The number of aliphatic carboxylic acids is 1. The molecule has 10 heteroatoms. The van der Waals surface area contributed by atoms with Gasteiger partial charge in [-0.25, -0.2) is 4.79 Å². The summed E-state index contributed by atoms with van der Waals surface area (Å²) in [5.41, 5.74) is 0.998. The molecule has 0 aromatic carbocycles. The first-order valence-corrected chi connectivity index (χ1v) is 15.3. The van der Waals surface area contributed by atoms with Gasteiger partial charge < -0.3 is 30.8 Å². The maximum atomic E-state index is 12.7. The van der Waals surface area contributed by atoms with Gasteiger partial charge in [0.25, 0.3) is 5.91 Å². The maximum Gasteiger partial charge on any atom is 0.328 e. The predicted octanol–water partition coefficient (Wildman–Crippen LogP) is 2.78. The van der Waals surface area contributed by atoms with Gasteiger partial charge in [0.05, 0.1) is 11.8 Å². The number of aliphatic hydroxyl groups is 2. The van der Waals surface area contributed by atoms with Gasteiger partial charge in [0.15, 0.2) is 12.6 Å². The highest BCUT2D eigenvalue weighted by atomic mass is 16.6. The van der Waals surface area contributed by atoms with Crippen molar-refractivity contribution < 1.29 is 34.5 Å². The monoisotopic (exact) mass is 585 g/mol. The van der Waals surface area contributed by atoms with Gasteiger partial charge in [-0.1, -0.05) is 44.3 Å². The number of carboxylic acids is 1. The summed E-state index contributed by atoms with van der Waals surface area (Å²) in [5.74, 6) is 1.31. The number of terminal acetylenes is 1. The van der Waals surface area contributed by atoms with Crippen LogP contribution in [-0.4, -0.2) is 69.2 Å². The number of fused-ring (bicyclic) bond motifs is 5. The molecule has 42 heavy (non-hydrogen) atoms. The summed E-state index contributed by atoms with van der Waals surface area (Å²) >= 11 is 0. The molecular formula is C32H47N3O7. The van der Waals surface area contributed by atoms with Crippen LogP contribution in [0.4, 0.5) is 0 Å². The van der Waals surface area contributed by atoms with E-state index in [1.54, 1.807) is 13.8 Å². The highest BCUT2D eigenvalue weighted by molar-refractivity contribution is 5.96. The first-order valence-electron chi connectivity index (χ1n) is 15.3. The summed E-state index contributed by atoms with van der Waals surface area (Å²) in [6, 6.07) is -2.49. The Morgan fingerprint density at radius 3 is 2.38 bits per heavy atom. The van der Waals surface area contributed by atoms with Crippen molar-refractivity contribution in [3.63, 3.8) is 0 Å². The molecule has 4 aliphatic carbocycles. The van der Waals surface area contributed by atoms with E-state index in [2.05, 4.69) is 41.6 Å². The molecule has 0 aromatic heterocycles. The van der Waals surface area contributed by atoms with Crippen molar-refractivity contribution in [1.29, 1.82) is 0 Å². The van der Waals surface area contributed by atoms with Crippen LogP contribution in [0.3, 0.4) is 0 Å². The van der Waals surface area contributed by atoms with E-state index in [9.17, 15) is 29.7 Å². The minimum atomic E-state index is -1.49. The highest BCUT2D eigenvalue weighted by Gasteiger charge is 2.63. The topological polar surface area (TPSA) is 158 Å². The minimum absolute atomic E-state index is 0.0647. The third-order valence-corrected chi connectivity index (χ3v) is 11.1. The number of rotatable bonds is 9. The molecule has 2 amide bonds. The molecule has 0 aromatic rings. The van der Waals surface area contributed by atoms with Gasteiger partial charge in [0.1, 0.15) is 11.6 Å². The number of hydrogen-bond acceptors (Lipinski definition) is 7. The number of carboxylic acid groups (broad SMARTS) is 1. The molecule has 0 aliphatic heterocycles. The third kappa shape index (κ3) is 5.70. The standard InChI is InChI=1S/C32H47N3O7/c1-7-32(41)15-12-24-22-9-8-20-16-21(10-13-30(20,5)23(22)11-14-31(24,32)6)35-42-17-25(37)33-26(18(2)3)28(38)34-27(19(4)36)29(39)40/h1,16,18-19,22-24,26-27,36,41H,8-15,17H2,2-6H3,(H,33,37)(H,34,38)(H,39,40)/b35-21+/t19-,22-,23-,24-,26+,27+,30+,31+,32-/m1/s1. The molecular weight excluding hydrogens is 538 g/mol. The molecule has 0 spiro atoms. The van der Waals surface area contributed by atoms with Gasteiger partial charge >= 0.3 is 5.97 Å². The number of amides is 2. The van der Waals surface area contributed by atoms with Crippen LogP contribution in [0.1, 0.15) is 86.0 Å². The van der Waals surface area contributed by atoms with Crippen molar-refractivity contribution >= 4 is 23.5 Å². The van der Waals surface area contributed by atoms with Crippen LogP contribution < -0.4 is 10.6 Å². The number of allylic oxidation sites excluding steroid dienone is 2. The van der Waals surface area contributed by atoms with Crippen LogP contribution in [0.5, 0.6) is 0 Å². The van der Waals surface area contributed by atoms with E-state index >= 15 is 0 Å². The smallest absolute Gasteiger partial charge is 0.328 e. The van der Waals surface area contributed by atoms with E-state index in [0.29, 0.717) is 24.2 Å². The molecule has 9 atom stereocenters. The Labute approximate surface area is 248 Å². The van der Waals surface area contributed by atoms with Gasteiger partial charge in [0, 0.05) is 5.41 Å². The lowest BCUT2D eigenvalue weighted by Gasteiger charge is -2.58. The maximum absolute atomic E-state index is 12.7. The molecule has 0 bridgehead atoms. The average molecular weight is 586 g/mol. The summed E-state index contributed by atoms with van der Waals surface area (Å²) in [5, 5.41) is 39.2. The Bertz CT molecular complexity index is 1190. The summed E-state index contributed by atoms with van der Waals surface area (Å²) < 4.78 is 0. The van der Waals surface area contributed by atoms with E-state index in [1.165, 1.54) is 12.5 Å². The second kappa shape index (κ2) is 12.0. The molecule has 0 unspecified atom stereocenters. The lowest BCUT2D eigenvalue weighted by Crippen LogP contribution is -2.56. The summed E-state index contributed by atoms with van der Waals surface area (Å²) in [4.78, 5) is 42.0. The number of carbonyl (C=O) groups excluding carboxylic acids is 2. The molecule has 0 heterocycles. The second-order valence-electron chi connectivity index (χ2n) is 13.7. The van der Waals surface area contributed by atoms with Gasteiger partial charge in [-0.3, -0.25) is 9.59 Å². The van der Waals surface area contributed by atoms with Crippen LogP contribution in [0.2, 0.25) is 0 Å². The summed E-state index contributed by atoms with van der Waals surface area (Å²) in [7, 11) is 0. The predicted molar refractivity (Wildman–Crippen MR) is 157 cm³/mol. The Morgan fingerprint density at radius 2 is 1.76 bits per heavy atom. The number of oxime groups is 1. The first kappa shape index (κ1) is 32.0. The quantitative estimate of drug-likeness (QED) is 0.206. The normalized spacial score (nSPS) is 36.8. The Morgan fingerprint density at radius 1 is 1.07 bits per heavy atom. The highest BCUT2D eigenvalue weighted by Crippen LogP contribution is 2.67. The van der Waals surface area contributed by atoms with Crippen LogP contribution in [0.25, 0.3) is 0 Å². The fourth-order valence-corrected chi connectivity index (χ4v) is 8.45. The van der Waals surface area contributed by atoms with E-state index < -0.39 is 41.6 Å². The fraction of sp³-hybridized carbons (Fsp3) is 0.750. The van der Waals surface area contributed by atoms with Crippen molar-refractivity contribution in [2.45, 2.75) is 110 Å². The van der Waals surface area contributed by atoms with Crippen molar-refractivity contribution in [3.05, 3.63) is 11.6 Å². The molecule has 232 valence electrons. The number of aliphatic hydroxyl groups excluding tert-OH is 1. The zero-order valence-corrected chi connectivity index (χ0v) is 25.5. The van der Waals surface area contributed by atoms with Crippen molar-refractivity contribution in [2.75, 3.05) is 6.61 Å². The average Bonchev–Trinajstić information content (AvgIpc) is 3.20. The lowest BCUT2D eigenvalue weighted by molar-refractivity contribution is -0.145. The van der Waals surface area contributed by atoms with Crippen molar-refractivity contribution in [2.24, 2.45) is 39.7 Å². The van der Waals surface area contributed by atoms with E-state index in [1.807, 2.05) is 0 Å². The van der Waals surface area contributed by atoms with Gasteiger partial charge in [0.2, 0.25) is 5.91 Å². The molecule has 3 saturated carbocycles. The van der Waals surface area contributed by atoms with Crippen LogP contribution in [-0.2, 0) is 19.2 Å². The number of nitrogens with one attached hydrogen (secondary N) is 2. The third-order valence-electron chi connectivity index (χ3n) is 11.1. The summed E-state index contributed by atoms with van der Waals surface area (Å²) in [6.45, 7) is 8.89. The zero-order valence-electron chi connectivity index (χ0n) is 25.5. The van der Waals surface area contributed by atoms with Gasteiger partial charge in [-0.2, -0.15) is 0 Å². The van der Waals surface area contributed by atoms with Gasteiger partial charge in [-0.05, 0) is 93.5 Å². The molecule has 0 radical (unpaired) electrons. The van der Waals surface area contributed by atoms with Crippen LogP contribution >= 0.6 is 0 Å². The largest absolute Gasteiger partial charge is 0.480 e. The van der Waals surface area contributed by atoms with Crippen LogP contribution in [0.15, 0.2) is 16.8 Å². The molecule has 0 saturated heterocycles. The van der Waals surface area contributed by atoms with E-state index in [-0.39, 0.29) is 23.4 Å². The molecule has 4 aliphatic rings. The van der Waals surface area contributed by atoms with Crippen LogP contribution in [0, 0.1) is 46.8 Å². The number of hydrogen-bond donors (Lipinski definition) is 5. The molecule has 3 fully saturated rings. The fourth-order valence-electron chi connectivity index (χ4n) is 8.45. The van der Waals surface area contributed by atoms with Crippen molar-refractivity contribution in [3.8, 4) is 12.3 Å². The summed E-state index contributed by atoms with van der Waals surface area (Å²) in [6.07, 6.45) is 14.0. The minimum Gasteiger partial charge on any atom is -0.480 e. The first-order chi connectivity index (χ1) is 19.7. The van der Waals surface area contributed by atoms with Crippen molar-refractivity contribution in [1.82, 2.24) is 10.6 Å². The lowest BCUT2D eigenvalue weighted by atomic mass is 9.46. The number of carbonyl (C=O) groups is 3. The van der Waals surface area contributed by atoms with E-state index in [0.717, 1.165) is 50.7 Å². The SMILES string of the molecule is C#C[C@@]1(O)CC[C@@H]2[C@@H]3CCC4=C/C(=N/OCC(=O)N[C@H](C(=O)N[C@H](C(=O)O)[C@@H](C)O)C(C)C)CC[C@]4(C)[C@@H]3CC[C@@]21C. The van der Waals surface area contributed by atoms with E-state index in [4.69, 9.17) is 11.3 Å². The second-order valence-corrected chi connectivity index (χ2v) is 13.7. The Hall–Kier alpha value is -2.90. The molecule has 5 N–H and O–H groups in total. The Kier molecular flexibility index (Phi) is 9.15. The molecule has 10 nitrogen and oxygen atoms in total.